The van der Waals surface area contributed by atoms with E-state index in [0.29, 0.717) is 17.1 Å². The number of anilines is 1. The fourth-order valence-corrected chi connectivity index (χ4v) is 6.07. The maximum absolute atomic E-state index is 13.2. The van der Waals surface area contributed by atoms with E-state index in [4.69, 9.17) is 11.6 Å². The third-order valence-electron chi connectivity index (χ3n) is 4.68. The SMILES string of the molecule is O=C(Nc1ccc(Cl)cc1)[C@@H]1Cc2ccccc2CN1S(=O)(=O)c1cccs1. The van der Waals surface area contributed by atoms with E-state index in [2.05, 4.69) is 5.32 Å². The Morgan fingerprint density at radius 1 is 1.04 bits per heavy atom. The molecule has 0 unspecified atom stereocenters. The summed E-state index contributed by atoms with van der Waals surface area (Å²) in [4.78, 5) is 13.0. The topological polar surface area (TPSA) is 66.5 Å². The Labute approximate surface area is 172 Å². The van der Waals surface area contributed by atoms with E-state index in [1.54, 1.807) is 41.8 Å². The third-order valence-corrected chi connectivity index (χ3v) is 8.16. The maximum atomic E-state index is 13.2. The van der Waals surface area contributed by atoms with Gasteiger partial charge in [-0.05, 0) is 53.3 Å². The molecule has 0 saturated heterocycles. The van der Waals surface area contributed by atoms with E-state index in [1.807, 2.05) is 24.3 Å². The van der Waals surface area contributed by atoms with E-state index in [-0.39, 0.29) is 16.7 Å². The molecule has 5 nitrogen and oxygen atoms in total. The molecular formula is C20H17ClN2O3S2. The molecule has 8 heteroatoms. The summed E-state index contributed by atoms with van der Waals surface area (Å²) in [5.74, 6) is -0.364. The van der Waals surface area contributed by atoms with Crippen molar-refractivity contribution in [1.29, 1.82) is 0 Å². The second-order valence-electron chi connectivity index (χ2n) is 6.47. The molecule has 1 aromatic heterocycles. The number of hydrogen-bond donors (Lipinski definition) is 1. The van der Waals surface area contributed by atoms with Gasteiger partial charge in [0.1, 0.15) is 10.3 Å². The predicted octanol–water partition coefficient (Wildman–Crippen LogP) is 4.16. The van der Waals surface area contributed by atoms with Gasteiger partial charge in [-0.15, -0.1) is 11.3 Å². The molecule has 0 spiro atoms. The van der Waals surface area contributed by atoms with E-state index >= 15 is 0 Å². The van der Waals surface area contributed by atoms with Crippen LogP contribution in [0.2, 0.25) is 5.02 Å². The molecule has 1 N–H and O–H groups in total. The number of carbonyl (C=O) groups is 1. The first-order chi connectivity index (χ1) is 13.4. The molecule has 144 valence electrons. The van der Waals surface area contributed by atoms with Gasteiger partial charge in [0.05, 0.1) is 0 Å². The molecule has 1 aliphatic rings. The number of benzene rings is 2. The van der Waals surface area contributed by atoms with Gasteiger partial charge in [0.15, 0.2) is 0 Å². The minimum Gasteiger partial charge on any atom is -0.325 e. The molecule has 28 heavy (non-hydrogen) atoms. The monoisotopic (exact) mass is 432 g/mol. The smallest absolute Gasteiger partial charge is 0.253 e. The summed E-state index contributed by atoms with van der Waals surface area (Å²) in [5.41, 5.74) is 2.47. The van der Waals surface area contributed by atoms with Gasteiger partial charge in [-0.3, -0.25) is 4.79 Å². The Kier molecular flexibility index (Phi) is 5.25. The average molecular weight is 433 g/mol. The molecule has 0 fully saturated rings. The highest BCUT2D eigenvalue weighted by Gasteiger charge is 2.40. The molecule has 0 aliphatic carbocycles. The van der Waals surface area contributed by atoms with Crippen LogP contribution in [0.15, 0.2) is 70.3 Å². The number of sulfonamides is 1. The van der Waals surface area contributed by atoms with Crippen LogP contribution < -0.4 is 5.32 Å². The molecule has 4 rings (SSSR count). The van der Waals surface area contributed by atoms with E-state index < -0.39 is 16.1 Å². The molecule has 2 aromatic carbocycles. The number of nitrogens with zero attached hydrogens (tertiary/aromatic N) is 1. The van der Waals surface area contributed by atoms with Gasteiger partial charge in [0.25, 0.3) is 10.0 Å². The fourth-order valence-electron chi connectivity index (χ4n) is 3.26. The molecular weight excluding hydrogens is 416 g/mol. The molecule has 3 aromatic rings. The van der Waals surface area contributed by atoms with Crippen molar-refractivity contribution in [1.82, 2.24) is 4.31 Å². The number of amides is 1. The second-order valence-corrected chi connectivity index (χ2v) is 9.97. The Morgan fingerprint density at radius 2 is 1.75 bits per heavy atom. The number of hydrogen-bond acceptors (Lipinski definition) is 4. The normalized spacial score (nSPS) is 17.1. The first kappa shape index (κ1) is 19.1. The van der Waals surface area contributed by atoms with Gasteiger partial charge in [-0.25, -0.2) is 8.42 Å². The third kappa shape index (κ3) is 3.71. The largest absolute Gasteiger partial charge is 0.325 e. The van der Waals surface area contributed by atoms with Crippen LogP contribution >= 0.6 is 22.9 Å². The zero-order valence-electron chi connectivity index (χ0n) is 14.7. The highest BCUT2D eigenvalue weighted by molar-refractivity contribution is 7.91. The summed E-state index contributed by atoms with van der Waals surface area (Å²) in [6.07, 6.45) is 0.320. The molecule has 1 aliphatic heterocycles. The van der Waals surface area contributed by atoms with E-state index in [1.165, 1.54) is 4.31 Å². The summed E-state index contributed by atoms with van der Waals surface area (Å²) < 4.78 is 27.9. The van der Waals surface area contributed by atoms with Gasteiger partial charge < -0.3 is 5.32 Å². The van der Waals surface area contributed by atoms with Crippen molar-refractivity contribution in [2.45, 2.75) is 23.2 Å². The average Bonchev–Trinajstić information content (AvgIpc) is 3.24. The maximum Gasteiger partial charge on any atom is 0.253 e. The van der Waals surface area contributed by atoms with Gasteiger partial charge >= 0.3 is 0 Å². The lowest BCUT2D eigenvalue weighted by atomic mass is 9.95. The number of nitrogens with one attached hydrogen (secondary N) is 1. The number of thiophene rings is 1. The zero-order chi connectivity index (χ0) is 19.7. The number of carbonyl (C=O) groups excluding carboxylic acids is 1. The molecule has 2 heterocycles. The van der Waals surface area contributed by atoms with Crippen molar-refractivity contribution >= 4 is 44.6 Å². The molecule has 1 atom stereocenters. The Balaban J connectivity index is 1.69. The van der Waals surface area contributed by atoms with Crippen molar-refractivity contribution in [2.75, 3.05) is 5.32 Å². The van der Waals surface area contributed by atoms with Crippen molar-refractivity contribution in [2.24, 2.45) is 0 Å². The van der Waals surface area contributed by atoms with Crippen molar-refractivity contribution in [3.05, 3.63) is 82.2 Å². The minimum atomic E-state index is -3.78. The lowest BCUT2D eigenvalue weighted by Gasteiger charge is -2.34. The first-order valence-corrected chi connectivity index (χ1v) is 11.3. The highest BCUT2D eigenvalue weighted by Crippen LogP contribution is 2.31. The van der Waals surface area contributed by atoms with Crippen molar-refractivity contribution < 1.29 is 13.2 Å². The van der Waals surface area contributed by atoms with Crippen LogP contribution in [0.5, 0.6) is 0 Å². The summed E-state index contributed by atoms with van der Waals surface area (Å²) in [5, 5.41) is 5.09. The van der Waals surface area contributed by atoms with Gasteiger partial charge in [-0.1, -0.05) is 41.9 Å². The predicted molar refractivity (Wildman–Crippen MR) is 111 cm³/mol. The Morgan fingerprint density at radius 3 is 2.43 bits per heavy atom. The van der Waals surface area contributed by atoms with Crippen LogP contribution in [-0.2, 0) is 27.8 Å². The molecule has 1 amide bonds. The lowest BCUT2D eigenvalue weighted by molar-refractivity contribution is -0.120. The molecule has 0 bridgehead atoms. The minimum absolute atomic E-state index is 0.162. The highest BCUT2D eigenvalue weighted by atomic mass is 35.5. The first-order valence-electron chi connectivity index (χ1n) is 8.64. The van der Waals surface area contributed by atoms with Crippen LogP contribution in [-0.4, -0.2) is 24.7 Å². The van der Waals surface area contributed by atoms with E-state index in [0.717, 1.165) is 22.5 Å². The number of halogens is 1. The van der Waals surface area contributed by atoms with Crippen LogP contribution in [0.25, 0.3) is 0 Å². The standard InChI is InChI=1S/C20H17ClN2O3S2/c21-16-7-9-17(10-8-16)22-20(24)18-12-14-4-1-2-5-15(14)13-23(18)28(25,26)19-6-3-11-27-19/h1-11,18H,12-13H2,(H,22,24)/t18-/m0/s1. The fraction of sp³-hybridized carbons (Fsp3) is 0.150. The quantitative estimate of drug-likeness (QED) is 0.673. The zero-order valence-corrected chi connectivity index (χ0v) is 17.1. The summed E-state index contributed by atoms with van der Waals surface area (Å²) >= 11 is 7.04. The van der Waals surface area contributed by atoms with Crippen LogP contribution in [0.3, 0.4) is 0 Å². The number of fused-ring (bicyclic) bond motifs is 1. The Bertz CT molecular complexity index is 1100. The number of rotatable bonds is 4. The lowest BCUT2D eigenvalue weighted by Crippen LogP contribution is -2.50. The van der Waals surface area contributed by atoms with Gasteiger partial charge in [-0.2, -0.15) is 4.31 Å². The summed E-state index contributed by atoms with van der Waals surface area (Å²) in [6.45, 7) is 0.162. The summed E-state index contributed by atoms with van der Waals surface area (Å²) in [6, 6.07) is 16.8. The van der Waals surface area contributed by atoms with Crippen LogP contribution in [0, 0.1) is 0 Å². The van der Waals surface area contributed by atoms with Crippen LogP contribution in [0.1, 0.15) is 11.1 Å². The van der Waals surface area contributed by atoms with Gasteiger partial charge in [0, 0.05) is 17.3 Å². The molecule has 0 saturated carbocycles. The van der Waals surface area contributed by atoms with Crippen molar-refractivity contribution in [3.8, 4) is 0 Å². The van der Waals surface area contributed by atoms with Crippen molar-refractivity contribution in [3.63, 3.8) is 0 Å². The summed E-state index contributed by atoms with van der Waals surface area (Å²) in [7, 11) is -3.78. The Hall–Kier alpha value is -2.19. The van der Waals surface area contributed by atoms with Crippen LogP contribution in [0.4, 0.5) is 5.69 Å². The second kappa shape index (κ2) is 7.67. The van der Waals surface area contributed by atoms with Gasteiger partial charge in [0.2, 0.25) is 5.91 Å². The van der Waals surface area contributed by atoms with E-state index in [9.17, 15) is 13.2 Å². The molecule has 0 radical (unpaired) electrons.